The number of nitrogens with zero attached hydrogens (tertiary/aromatic N) is 7. The second-order valence-electron chi connectivity index (χ2n) is 5.98. The van der Waals surface area contributed by atoms with Crippen LogP contribution in [-0.2, 0) is 7.05 Å². The molecule has 0 saturated carbocycles. The van der Waals surface area contributed by atoms with Crippen molar-refractivity contribution in [1.29, 1.82) is 0 Å². The normalized spacial score (nSPS) is 15.8. The van der Waals surface area contributed by atoms with Gasteiger partial charge in [0.05, 0.1) is 11.9 Å². The standard InChI is InChI=1S/C16H15N9O/c1-24-12(3-5-19-24)21-16-18-4-2-11(20-16)9-6-13-22-23-15-10(17)8-26-14(7-9)25(13)15/h2-7,10H,8,17H2,1H3,(H,18,20,21). The zero-order chi connectivity index (χ0) is 17.7. The average molecular weight is 349 g/mol. The van der Waals surface area contributed by atoms with E-state index in [1.165, 1.54) is 0 Å². The molecule has 5 heterocycles. The lowest BCUT2D eigenvalue weighted by atomic mass is 10.1. The summed E-state index contributed by atoms with van der Waals surface area (Å²) in [6.07, 6.45) is 3.40. The lowest BCUT2D eigenvalue weighted by Crippen LogP contribution is -2.26. The Morgan fingerprint density at radius 2 is 2.15 bits per heavy atom. The van der Waals surface area contributed by atoms with Gasteiger partial charge < -0.3 is 15.8 Å². The molecule has 130 valence electrons. The van der Waals surface area contributed by atoms with Crippen LogP contribution in [0.3, 0.4) is 0 Å². The summed E-state index contributed by atoms with van der Waals surface area (Å²) in [7, 11) is 1.84. The number of pyridine rings is 1. The van der Waals surface area contributed by atoms with Crippen LogP contribution in [0, 0.1) is 0 Å². The number of hydrogen-bond acceptors (Lipinski definition) is 8. The Morgan fingerprint density at radius 1 is 1.23 bits per heavy atom. The monoisotopic (exact) mass is 349 g/mol. The molecule has 1 aliphatic heterocycles. The molecular weight excluding hydrogens is 334 g/mol. The van der Waals surface area contributed by atoms with Gasteiger partial charge in [-0.25, -0.2) is 14.4 Å². The van der Waals surface area contributed by atoms with Crippen molar-refractivity contribution in [3.8, 4) is 17.1 Å². The molecule has 10 nitrogen and oxygen atoms in total. The molecule has 1 aliphatic rings. The molecule has 4 aromatic heterocycles. The minimum absolute atomic E-state index is 0.280. The third-order valence-electron chi connectivity index (χ3n) is 4.25. The van der Waals surface area contributed by atoms with E-state index in [2.05, 4.69) is 30.6 Å². The van der Waals surface area contributed by atoms with Crippen LogP contribution in [-0.4, -0.2) is 41.0 Å². The first-order chi connectivity index (χ1) is 12.7. The Balaban J connectivity index is 1.56. The highest BCUT2D eigenvalue weighted by Crippen LogP contribution is 2.30. The van der Waals surface area contributed by atoms with Gasteiger partial charge in [-0.15, -0.1) is 10.2 Å². The van der Waals surface area contributed by atoms with Crippen LogP contribution >= 0.6 is 0 Å². The van der Waals surface area contributed by atoms with Crippen LogP contribution in [0.25, 0.3) is 16.9 Å². The van der Waals surface area contributed by atoms with Crippen molar-refractivity contribution in [1.82, 2.24) is 34.3 Å². The highest BCUT2D eigenvalue weighted by molar-refractivity contribution is 5.67. The molecule has 0 bridgehead atoms. The number of rotatable bonds is 3. The first kappa shape index (κ1) is 14.8. The number of nitrogens with two attached hydrogens (primary N) is 1. The second kappa shape index (κ2) is 5.49. The summed E-state index contributed by atoms with van der Waals surface area (Å²) in [5.74, 6) is 2.63. The van der Waals surface area contributed by atoms with Gasteiger partial charge in [0.25, 0.3) is 0 Å². The summed E-state index contributed by atoms with van der Waals surface area (Å²) in [6, 6.07) is 7.20. The SMILES string of the molecule is Cn1nccc1Nc1nccc(-c2cc3n4c(nnc4c2)C(N)CO3)n1. The average Bonchev–Trinajstić information content (AvgIpc) is 3.26. The molecule has 1 atom stereocenters. The van der Waals surface area contributed by atoms with Crippen molar-refractivity contribution < 1.29 is 4.74 Å². The third-order valence-corrected chi connectivity index (χ3v) is 4.25. The lowest BCUT2D eigenvalue weighted by Gasteiger charge is -2.20. The first-order valence-corrected chi connectivity index (χ1v) is 8.05. The fourth-order valence-corrected chi connectivity index (χ4v) is 2.94. The zero-order valence-corrected chi connectivity index (χ0v) is 13.9. The topological polar surface area (TPSA) is 121 Å². The van der Waals surface area contributed by atoms with Gasteiger partial charge in [-0.2, -0.15) is 5.10 Å². The molecule has 3 N–H and O–H groups in total. The number of hydrogen-bond donors (Lipinski definition) is 2. The molecule has 0 spiro atoms. The summed E-state index contributed by atoms with van der Waals surface area (Å²) in [6.45, 7) is 0.369. The molecular formula is C16H15N9O. The highest BCUT2D eigenvalue weighted by Gasteiger charge is 2.23. The van der Waals surface area contributed by atoms with Gasteiger partial charge in [0.2, 0.25) is 11.8 Å². The van der Waals surface area contributed by atoms with Crippen molar-refractivity contribution >= 4 is 17.4 Å². The van der Waals surface area contributed by atoms with Crippen LogP contribution in [0.4, 0.5) is 11.8 Å². The van der Waals surface area contributed by atoms with E-state index >= 15 is 0 Å². The molecule has 5 rings (SSSR count). The van der Waals surface area contributed by atoms with E-state index in [1.807, 2.05) is 35.7 Å². The summed E-state index contributed by atoms with van der Waals surface area (Å²) in [5, 5.41) is 15.6. The van der Waals surface area contributed by atoms with E-state index in [0.717, 1.165) is 17.1 Å². The molecule has 0 amide bonds. The largest absolute Gasteiger partial charge is 0.476 e. The van der Waals surface area contributed by atoms with Gasteiger partial charge in [-0.1, -0.05) is 0 Å². The molecule has 1 unspecified atom stereocenters. The Hall–Kier alpha value is -3.53. The van der Waals surface area contributed by atoms with Crippen molar-refractivity contribution in [3.05, 3.63) is 42.5 Å². The molecule has 0 aromatic carbocycles. The molecule has 10 heteroatoms. The maximum Gasteiger partial charge on any atom is 0.228 e. The Labute approximate surface area is 147 Å². The van der Waals surface area contributed by atoms with E-state index < -0.39 is 0 Å². The lowest BCUT2D eigenvalue weighted by molar-refractivity contribution is 0.249. The molecule has 4 aromatic rings. The molecule has 26 heavy (non-hydrogen) atoms. The summed E-state index contributed by atoms with van der Waals surface area (Å²) >= 11 is 0. The third kappa shape index (κ3) is 2.27. The van der Waals surface area contributed by atoms with Gasteiger partial charge in [0.1, 0.15) is 18.5 Å². The summed E-state index contributed by atoms with van der Waals surface area (Å²) < 4.78 is 9.28. The first-order valence-electron chi connectivity index (χ1n) is 8.05. The van der Waals surface area contributed by atoms with E-state index in [1.54, 1.807) is 17.1 Å². The quantitative estimate of drug-likeness (QED) is 0.563. The second-order valence-corrected chi connectivity index (χ2v) is 5.98. The number of aromatic nitrogens is 7. The Bertz CT molecular complexity index is 1120. The van der Waals surface area contributed by atoms with E-state index in [-0.39, 0.29) is 6.04 Å². The predicted molar refractivity (Wildman–Crippen MR) is 92.9 cm³/mol. The van der Waals surface area contributed by atoms with E-state index in [4.69, 9.17) is 10.5 Å². The number of ether oxygens (including phenoxy) is 1. The molecule has 0 fully saturated rings. The molecule has 0 aliphatic carbocycles. The van der Waals surface area contributed by atoms with Crippen molar-refractivity contribution in [2.75, 3.05) is 11.9 Å². The van der Waals surface area contributed by atoms with Crippen molar-refractivity contribution in [2.24, 2.45) is 12.8 Å². The maximum atomic E-state index is 6.01. The van der Waals surface area contributed by atoms with E-state index in [9.17, 15) is 0 Å². The Morgan fingerprint density at radius 3 is 3.00 bits per heavy atom. The Kier molecular flexibility index (Phi) is 3.12. The van der Waals surface area contributed by atoms with Crippen LogP contribution in [0.15, 0.2) is 36.7 Å². The maximum absolute atomic E-state index is 6.01. The van der Waals surface area contributed by atoms with Gasteiger partial charge in [-0.3, -0.25) is 4.68 Å². The molecule has 0 radical (unpaired) electrons. The van der Waals surface area contributed by atoms with E-state index in [0.29, 0.717) is 29.9 Å². The zero-order valence-electron chi connectivity index (χ0n) is 13.9. The van der Waals surface area contributed by atoms with Crippen LogP contribution in [0.1, 0.15) is 11.9 Å². The number of anilines is 2. The van der Waals surface area contributed by atoms with Gasteiger partial charge in [-0.05, 0) is 12.1 Å². The smallest absolute Gasteiger partial charge is 0.228 e. The van der Waals surface area contributed by atoms with Crippen molar-refractivity contribution in [3.63, 3.8) is 0 Å². The van der Waals surface area contributed by atoms with Crippen LogP contribution < -0.4 is 15.8 Å². The molecule has 0 saturated heterocycles. The predicted octanol–water partition coefficient (Wildman–Crippen LogP) is 1.06. The highest BCUT2D eigenvalue weighted by atomic mass is 16.5. The number of nitrogens with one attached hydrogen (secondary N) is 1. The fourth-order valence-electron chi connectivity index (χ4n) is 2.94. The fraction of sp³-hybridized carbons (Fsp3) is 0.188. The minimum atomic E-state index is -0.280. The summed E-state index contributed by atoms with van der Waals surface area (Å²) in [4.78, 5) is 8.85. The van der Waals surface area contributed by atoms with Crippen LogP contribution in [0.5, 0.6) is 5.88 Å². The van der Waals surface area contributed by atoms with Crippen LogP contribution in [0.2, 0.25) is 0 Å². The number of aryl methyl sites for hydroxylation is 1. The van der Waals surface area contributed by atoms with Gasteiger partial charge >= 0.3 is 0 Å². The van der Waals surface area contributed by atoms with Crippen molar-refractivity contribution in [2.45, 2.75) is 6.04 Å². The van der Waals surface area contributed by atoms with Gasteiger partial charge in [0.15, 0.2) is 11.5 Å². The summed E-state index contributed by atoms with van der Waals surface area (Å²) in [5.41, 5.74) is 8.28. The van der Waals surface area contributed by atoms with Gasteiger partial charge in [0, 0.05) is 30.9 Å². The minimum Gasteiger partial charge on any atom is -0.476 e.